The van der Waals surface area contributed by atoms with Gasteiger partial charge in [-0.3, -0.25) is 0 Å². The first kappa shape index (κ1) is 10.4. The summed E-state index contributed by atoms with van der Waals surface area (Å²) in [6.45, 7) is 4.35. The molecule has 2 saturated carbocycles. The number of aromatic nitrogens is 1. The molecule has 3 rings (SSSR count). The summed E-state index contributed by atoms with van der Waals surface area (Å²) in [5, 5.41) is 3.80. The van der Waals surface area contributed by atoms with E-state index in [4.69, 9.17) is 0 Å². The maximum absolute atomic E-state index is 3.80. The number of rotatable bonds is 6. The highest BCUT2D eigenvalue weighted by molar-refractivity contribution is 5.08. The van der Waals surface area contributed by atoms with Crippen LogP contribution in [-0.4, -0.2) is 10.6 Å². The summed E-state index contributed by atoms with van der Waals surface area (Å²) in [5.74, 6) is 2.00. The van der Waals surface area contributed by atoms with Gasteiger partial charge in [0, 0.05) is 31.0 Å². The highest BCUT2D eigenvalue weighted by atomic mass is 15.0. The molecule has 1 N–H and O–H groups in total. The number of nitrogens with zero attached hydrogens (tertiary/aromatic N) is 1. The Morgan fingerprint density at radius 1 is 1.31 bits per heavy atom. The summed E-state index contributed by atoms with van der Waals surface area (Å²) in [4.78, 5) is 0. The van der Waals surface area contributed by atoms with Crippen LogP contribution in [0.15, 0.2) is 18.3 Å². The lowest BCUT2D eigenvalue weighted by Crippen LogP contribution is -2.33. The molecule has 2 nitrogen and oxygen atoms in total. The second-order valence-corrected chi connectivity index (χ2v) is 5.37. The van der Waals surface area contributed by atoms with Crippen LogP contribution < -0.4 is 5.32 Å². The van der Waals surface area contributed by atoms with E-state index >= 15 is 0 Å². The quantitative estimate of drug-likeness (QED) is 0.777. The molecular formula is C14H22N2. The Morgan fingerprint density at radius 3 is 2.56 bits per heavy atom. The number of hydrogen-bond donors (Lipinski definition) is 1. The van der Waals surface area contributed by atoms with Crippen molar-refractivity contribution in [3.05, 3.63) is 24.0 Å². The van der Waals surface area contributed by atoms with Gasteiger partial charge in [-0.25, -0.2) is 0 Å². The molecule has 0 amide bonds. The molecule has 0 saturated heterocycles. The van der Waals surface area contributed by atoms with Crippen molar-refractivity contribution in [3.8, 4) is 0 Å². The van der Waals surface area contributed by atoms with E-state index in [1.54, 1.807) is 0 Å². The van der Waals surface area contributed by atoms with Crippen LogP contribution in [0.2, 0.25) is 0 Å². The van der Waals surface area contributed by atoms with Gasteiger partial charge in [0.05, 0.1) is 0 Å². The minimum atomic E-state index is 0.820. The van der Waals surface area contributed by atoms with Gasteiger partial charge < -0.3 is 9.88 Å². The molecule has 2 aliphatic carbocycles. The summed E-state index contributed by atoms with van der Waals surface area (Å²) in [5.41, 5.74) is 1.44. The fraction of sp³-hybridized carbons (Fsp3) is 0.714. The monoisotopic (exact) mass is 218 g/mol. The van der Waals surface area contributed by atoms with E-state index in [1.807, 2.05) is 0 Å². The van der Waals surface area contributed by atoms with E-state index in [9.17, 15) is 0 Å². The van der Waals surface area contributed by atoms with Crippen LogP contribution >= 0.6 is 0 Å². The Morgan fingerprint density at radius 2 is 2.00 bits per heavy atom. The fourth-order valence-electron chi connectivity index (χ4n) is 2.77. The van der Waals surface area contributed by atoms with Crippen molar-refractivity contribution in [2.75, 3.05) is 0 Å². The minimum absolute atomic E-state index is 0.820. The van der Waals surface area contributed by atoms with Crippen LogP contribution in [-0.2, 0) is 13.1 Å². The average Bonchev–Trinajstić information content (AvgIpc) is 3.19. The van der Waals surface area contributed by atoms with Crippen molar-refractivity contribution < 1.29 is 0 Å². The van der Waals surface area contributed by atoms with Crippen molar-refractivity contribution >= 4 is 0 Å². The van der Waals surface area contributed by atoms with Crippen molar-refractivity contribution in [1.29, 1.82) is 0 Å². The SMILES string of the molecule is CCn1cccc1CNC(C1CC1)C1CC1. The van der Waals surface area contributed by atoms with Crippen LogP contribution in [0.5, 0.6) is 0 Å². The summed E-state index contributed by atoms with van der Waals surface area (Å²) >= 11 is 0. The first-order valence-electron chi connectivity index (χ1n) is 6.76. The van der Waals surface area contributed by atoms with E-state index in [1.165, 1.54) is 31.4 Å². The predicted octanol–water partition coefficient (Wildman–Crippen LogP) is 2.79. The normalized spacial score (nSPS) is 20.6. The van der Waals surface area contributed by atoms with Gasteiger partial charge in [0.25, 0.3) is 0 Å². The molecule has 16 heavy (non-hydrogen) atoms. The second-order valence-electron chi connectivity index (χ2n) is 5.37. The second kappa shape index (κ2) is 4.25. The number of nitrogens with one attached hydrogen (secondary N) is 1. The Kier molecular flexibility index (Phi) is 2.76. The Hall–Kier alpha value is -0.760. The first-order valence-corrected chi connectivity index (χ1v) is 6.76. The van der Waals surface area contributed by atoms with Gasteiger partial charge in [-0.2, -0.15) is 0 Å². The lowest BCUT2D eigenvalue weighted by atomic mass is 10.1. The highest BCUT2D eigenvalue weighted by Crippen LogP contribution is 2.44. The van der Waals surface area contributed by atoms with Gasteiger partial charge in [0.1, 0.15) is 0 Å². The zero-order valence-electron chi connectivity index (χ0n) is 10.2. The van der Waals surface area contributed by atoms with Crippen molar-refractivity contribution in [2.24, 2.45) is 11.8 Å². The molecule has 0 bridgehead atoms. The van der Waals surface area contributed by atoms with Gasteiger partial charge in [0.2, 0.25) is 0 Å². The molecule has 0 aromatic carbocycles. The average molecular weight is 218 g/mol. The molecule has 0 radical (unpaired) electrons. The maximum Gasteiger partial charge on any atom is 0.0361 e. The van der Waals surface area contributed by atoms with Crippen molar-refractivity contribution in [3.63, 3.8) is 0 Å². The third-order valence-electron chi connectivity index (χ3n) is 4.04. The van der Waals surface area contributed by atoms with Gasteiger partial charge in [-0.1, -0.05) is 0 Å². The fourth-order valence-corrected chi connectivity index (χ4v) is 2.77. The van der Waals surface area contributed by atoms with Gasteiger partial charge in [0.15, 0.2) is 0 Å². The van der Waals surface area contributed by atoms with E-state index in [2.05, 4.69) is 35.1 Å². The number of hydrogen-bond acceptors (Lipinski definition) is 1. The number of aryl methyl sites for hydroxylation is 1. The summed E-state index contributed by atoms with van der Waals surface area (Å²) in [6.07, 6.45) is 8.03. The maximum atomic E-state index is 3.80. The minimum Gasteiger partial charge on any atom is -0.351 e. The third kappa shape index (κ3) is 2.17. The van der Waals surface area contributed by atoms with Crippen LogP contribution in [0.3, 0.4) is 0 Å². The van der Waals surface area contributed by atoms with Crippen LogP contribution in [0, 0.1) is 11.8 Å². The van der Waals surface area contributed by atoms with Gasteiger partial charge >= 0.3 is 0 Å². The summed E-state index contributed by atoms with van der Waals surface area (Å²) in [7, 11) is 0. The van der Waals surface area contributed by atoms with Crippen LogP contribution in [0.4, 0.5) is 0 Å². The lowest BCUT2D eigenvalue weighted by molar-refractivity contribution is 0.409. The summed E-state index contributed by atoms with van der Waals surface area (Å²) in [6, 6.07) is 5.22. The largest absolute Gasteiger partial charge is 0.351 e. The molecule has 1 heterocycles. The van der Waals surface area contributed by atoms with Crippen molar-refractivity contribution in [1.82, 2.24) is 9.88 Å². The smallest absolute Gasteiger partial charge is 0.0361 e. The zero-order chi connectivity index (χ0) is 11.0. The molecule has 0 atom stereocenters. The van der Waals surface area contributed by atoms with E-state index < -0.39 is 0 Å². The van der Waals surface area contributed by atoms with E-state index in [0.717, 1.165) is 31.0 Å². The lowest BCUT2D eigenvalue weighted by Gasteiger charge is -2.18. The van der Waals surface area contributed by atoms with Gasteiger partial charge in [-0.15, -0.1) is 0 Å². The molecule has 88 valence electrons. The standard InChI is InChI=1S/C14H22N2/c1-2-16-9-3-4-13(16)10-15-14(11-5-6-11)12-7-8-12/h3-4,9,11-12,14-15H,2,5-8,10H2,1H3. The van der Waals surface area contributed by atoms with E-state index in [-0.39, 0.29) is 0 Å². The molecular weight excluding hydrogens is 196 g/mol. The molecule has 2 fully saturated rings. The molecule has 2 aliphatic rings. The molecule has 1 aromatic rings. The van der Waals surface area contributed by atoms with Gasteiger partial charge in [-0.05, 0) is 56.6 Å². The Labute approximate surface area is 98.0 Å². The Balaban J connectivity index is 1.58. The van der Waals surface area contributed by atoms with Crippen LogP contribution in [0.1, 0.15) is 38.3 Å². The Bertz CT molecular complexity index is 335. The molecule has 2 heteroatoms. The zero-order valence-corrected chi connectivity index (χ0v) is 10.2. The molecule has 0 spiro atoms. The summed E-state index contributed by atoms with van der Waals surface area (Å²) < 4.78 is 2.34. The van der Waals surface area contributed by atoms with Crippen molar-refractivity contribution in [2.45, 2.75) is 51.7 Å². The highest BCUT2D eigenvalue weighted by Gasteiger charge is 2.40. The first-order chi connectivity index (χ1) is 7.88. The predicted molar refractivity (Wildman–Crippen MR) is 66.2 cm³/mol. The molecule has 1 aromatic heterocycles. The molecule has 0 unspecified atom stereocenters. The topological polar surface area (TPSA) is 17.0 Å². The van der Waals surface area contributed by atoms with E-state index in [0.29, 0.717) is 0 Å². The molecule has 0 aliphatic heterocycles. The van der Waals surface area contributed by atoms with Crippen LogP contribution in [0.25, 0.3) is 0 Å². The third-order valence-corrected chi connectivity index (χ3v) is 4.04.